The Morgan fingerprint density at radius 3 is 2.68 bits per heavy atom. The number of rotatable bonds is 3. The van der Waals surface area contributed by atoms with Gasteiger partial charge >= 0.3 is 0 Å². The lowest BCUT2D eigenvalue weighted by molar-refractivity contribution is 0.557. The van der Waals surface area contributed by atoms with Gasteiger partial charge in [-0.3, -0.25) is 4.72 Å². The molecule has 1 aromatic carbocycles. The highest BCUT2D eigenvalue weighted by molar-refractivity contribution is 7.92. The van der Waals surface area contributed by atoms with Gasteiger partial charge in [-0.1, -0.05) is 17.7 Å². The van der Waals surface area contributed by atoms with E-state index in [0.717, 1.165) is 11.6 Å². The van der Waals surface area contributed by atoms with Crippen LogP contribution in [0.1, 0.15) is 5.56 Å². The van der Waals surface area contributed by atoms with E-state index in [0.29, 0.717) is 0 Å². The number of anilines is 1. The smallest absolute Gasteiger partial charge is 0.277 e. The van der Waals surface area contributed by atoms with Gasteiger partial charge in [-0.25, -0.2) is 9.37 Å². The van der Waals surface area contributed by atoms with Crippen molar-refractivity contribution in [2.24, 2.45) is 0 Å². The summed E-state index contributed by atoms with van der Waals surface area (Å²) in [4.78, 5) is 3.52. The summed E-state index contributed by atoms with van der Waals surface area (Å²) in [5.74, 6) is -0.918. The van der Waals surface area contributed by atoms with Crippen molar-refractivity contribution in [3.63, 3.8) is 0 Å². The first-order valence-corrected chi connectivity index (χ1v) is 7.16. The van der Waals surface area contributed by atoms with Gasteiger partial charge in [-0.15, -0.1) is 0 Å². The first-order valence-electron chi connectivity index (χ1n) is 5.29. The molecule has 4 nitrogen and oxygen atoms in total. The molecule has 0 saturated carbocycles. The van der Waals surface area contributed by atoms with Crippen LogP contribution >= 0.6 is 11.6 Å². The molecule has 2 rings (SSSR count). The number of nitrogens with zero attached hydrogens (tertiary/aromatic N) is 1. The molecule has 0 amide bonds. The molecule has 0 saturated heterocycles. The summed E-state index contributed by atoms with van der Waals surface area (Å²) in [6.45, 7) is 1.82. The predicted octanol–water partition coefficient (Wildman–Crippen LogP) is 2.98. The minimum absolute atomic E-state index is 0.178. The number of hydrogen-bond acceptors (Lipinski definition) is 3. The number of aromatic nitrogens is 1. The van der Waals surface area contributed by atoms with Crippen LogP contribution in [-0.4, -0.2) is 13.4 Å². The third kappa shape index (κ3) is 3.02. The van der Waals surface area contributed by atoms with Gasteiger partial charge in [0.25, 0.3) is 10.0 Å². The van der Waals surface area contributed by atoms with Crippen LogP contribution in [0.15, 0.2) is 41.6 Å². The van der Waals surface area contributed by atoms with Crippen LogP contribution in [0, 0.1) is 12.7 Å². The van der Waals surface area contributed by atoms with E-state index in [1.807, 2.05) is 6.92 Å². The number of benzene rings is 1. The van der Waals surface area contributed by atoms with Gasteiger partial charge in [-0.05, 0) is 36.8 Å². The fraction of sp³-hybridized carbons (Fsp3) is 0.0833. The molecule has 19 heavy (non-hydrogen) atoms. The van der Waals surface area contributed by atoms with Crippen LogP contribution < -0.4 is 4.72 Å². The molecule has 1 N–H and O–H groups in total. The highest BCUT2D eigenvalue weighted by atomic mass is 35.5. The predicted molar refractivity (Wildman–Crippen MR) is 71.2 cm³/mol. The Hall–Kier alpha value is -1.66. The van der Waals surface area contributed by atoms with E-state index in [9.17, 15) is 12.8 Å². The third-order valence-electron chi connectivity index (χ3n) is 2.35. The second-order valence-corrected chi connectivity index (χ2v) is 5.88. The fourth-order valence-electron chi connectivity index (χ4n) is 1.46. The number of pyridine rings is 1. The second kappa shape index (κ2) is 5.14. The average molecular weight is 301 g/mol. The zero-order valence-electron chi connectivity index (χ0n) is 9.89. The summed E-state index contributed by atoms with van der Waals surface area (Å²) < 4.78 is 39.6. The topological polar surface area (TPSA) is 59.1 Å². The fourth-order valence-corrected chi connectivity index (χ4v) is 2.89. The summed E-state index contributed by atoms with van der Waals surface area (Å²) >= 11 is 5.92. The average Bonchev–Trinajstić information content (AvgIpc) is 2.33. The van der Waals surface area contributed by atoms with Crippen molar-refractivity contribution in [2.45, 2.75) is 11.9 Å². The molecule has 0 atom stereocenters. The van der Waals surface area contributed by atoms with Crippen molar-refractivity contribution in [3.8, 4) is 0 Å². The van der Waals surface area contributed by atoms with Crippen LogP contribution in [0.4, 0.5) is 10.1 Å². The highest BCUT2D eigenvalue weighted by Crippen LogP contribution is 2.25. The van der Waals surface area contributed by atoms with Gasteiger partial charge in [-0.2, -0.15) is 8.42 Å². The first kappa shape index (κ1) is 13.8. The van der Waals surface area contributed by atoms with Gasteiger partial charge in [0.15, 0.2) is 5.82 Å². The molecule has 2 aromatic rings. The lowest BCUT2D eigenvalue weighted by atomic mass is 10.2. The number of hydrogen-bond donors (Lipinski definition) is 1. The molecule has 0 aliphatic carbocycles. The Bertz CT molecular complexity index is 719. The van der Waals surface area contributed by atoms with E-state index in [1.165, 1.54) is 18.3 Å². The van der Waals surface area contributed by atoms with E-state index < -0.39 is 20.9 Å². The molecule has 0 fully saturated rings. The second-order valence-electron chi connectivity index (χ2n) is 3.88. The molecule has 0 spiro atoms. The number of nitrogens with one attached hydrogen (secondary N) is 1. The summed E-state index contributed by atoms with van der Waals surface area (Å²) in [6.07, 6.45) is 1.20. The zero-order valence-corrected chi connectivity index (χ0v) is 11.5. The van der Waals surface area contributed by atoms with Crippen molar-refractivity contribution in [1.82, 2.24) is 4.98 Å². The van der Waals surface area contributed by atoms with Gasteiger partial charge in [0.05, 0.1) is 10.7 Å². The van der Waals surface area contributed by atoms with E-state index in [4.69, 9.17) is 11.6 Å². The van der Waals surface area contributed by atoms with Gasteiger partial charge in [0.2, 0.25) is 5.03 Å². The minimum Gasteiger partial charge on any atom is -0.277 e. The Balaban J connectivity index is 2.40. The van der Waals surface area contributed by atoms with Gasteiger partial charge in [0, 0.05) is 6.20 Å². The van der Waals surface area contributed by atoms with Crippen molar-refractivity contribution in [3.05, 3.63) is 52.9 Å². The van der Waals surface area contributed by atoms with Crippen molar-refractivity contribution in [1.29, 1.82) is 0 Å². The van der Waals surface area contributed by atoms with Crippen LogP contribution in [0.3, 0.4) is 0 Å². The van der Waals surface area contributed by atoms with Crippen molar-refractivity contribution < 1.29 is 12.8 Å². The SMILES string of the molecule is Cc1ccc(NS(=O)(=O)c2ncccc2F)c(Cl)c1. The molecular weight excluding hydrogens is 291 g/mol. The first-order chi connectivity index (χ1) is 8.90. The number of aryl methyl sites for hydroxylation is 1. The third-order valence-corrected chi connectivity index (χ3v) is 3.96. The van der Waals surface area contributed by atoms with E-state index in [1.54, 1.807) is 12.1 Å². The Morgan fingerprint density at radius 2 is 2.05 bits per heavy atom. The lowest BCUT2D eigenvalue weighted by Crippen LogP contribution is -2.16. The Morgan fingerprint density at radius 1 is 1.32 bits per heavy atom. The molecule has 0 unspecified atom stereocenters. The molecule has 0 aliphatic heterocycles. The van der Waals surface area contributed by atoms with Crippen LogP contribution in [0.25, 0.3) is 0 Å². The Kier molecular flexibility index (Phi) is 3.73. The molecular formula is C12H10ClFN2O2S. The maximum absolute atomic E-state index is 13.4. The maximum Gasteiger partial charge on any atom is 0.282 e. The molecule has 0 radical (unpaired) electrons. The molecule has 7 heteroatoms. The number of sulfonamides is 1. The summed E-state index contributed by atoms with van der Waals surface area (Å²) in [7, 11) is -4.10. The van der Waals surface area contributed by atoms with Crippen molar-refractivity contribution >= 4 is 27.3 Å². The van der Waals surface area contributed by atoms with E-state index in [-0.39, 0.29) is 10.7 Å². The molecule has 1 heterocycles. The van der Waals surface area contributed by atoms with Crippen LogP contribution in [-0.2, 0) is 10.0 Å². The maximum atomic E-state index is 13.4. The Labute approximate surface area is 115 Å². The van der Waals surface area contributed by atoms with Crippen LogP contribution in [0.2, 0.25) is 5.02 Å². The molecule has 0 bridgehead atoms. The molecule has 100 valence electrons. The highest BCUT2D eigenvalue weighted by Gasteiger charge is 2.21. The summed E-state index contributed by atoms with van der Waals surface area (Å²) in [6, 6.07) is 7.15. The molecule has 1 aromatic heterocycles. The summed E-state index contributed by atoms with van der Waals surface area (Å²) in [5, 5.41) is -0.424. The number of halogens is 2. The van der Waals surface area contributed by atoms with Gasteiger partial charge < -0.3 is 0 Å². The minimum atomic E-state index is -4.10. The quantitative estimate of drug-likeness (QED) is 0.948. The normalized spacial score (nSPS) is 11.3. The monoisotopic (exact) mass is 300 g/mol. The standard InChI is InChI=1S/C12H10ClFN2O2S/c1-8-4-5-11(9(13)7-8)16-19(17,18)12-10(14)3-2-6-15-12/h2-7,16H,1H3. The van der Waals surface area contributed by atoms with Crippen LogP contribution in [0.5, 0.6) is 0 Å². The van der Waals surface area contributed by atoms with Gasteiger partial charge in [0.1, 0.15) is 0 Å². The summed E-state index contributed by atoms with van der Waals surface area (Å²) in [5.41, 5.74) is 1.06. The lowest BCUT2D eigenvalue weighted by Gasteiger charge is -2.09. The van der Waals surface area contributed by atoms with E-state index >= 15 is 0 Å². The zero-order chi connectivity index (χ0) is 14.0. The van der Waals surface area contributed by atoms with Crippen molar-refractivity contribution in [2.75, 3.05) is 4.72 Å². The largest absolute Gasteiger partial charge is 0.282 e. The molecule has 0 aliphatic rings. The van der Waals surface area contributed by atoms with E-state index in [2.05, 4.69) is 9.71 Å².